The zero-order chi connectivity index (χ0) is 14.1. The topological polar surface area (TPSA) is 46.1 Å². The van der Waals surface area contributed by atoms with Crippen LogP contribution in [0.1, 0.15) is 27.9 Å². The van der Waals surface area contributed by atoms with Crippen LogP contribution in [0.2, 0.25) is 5.15 Å². The van der Waals surface area contributed by atoms with E-state index in [4.69, 9.17) is 11.6 Å². The van der Waals surface area contributed by atoms with Gasteiger partial charge in [-0.25, -0.2) is 9.97 Å². The molecule has 0 unspecified atom stereocenters. The number of aldehydes is 1. The molecule has 0 saturated heterocycles. The Hall–Kier alpha value is -1.94. The average molecular weight is 288 g/mol. The van der Waals surface area contributed by atoms with Crippen molar-refractivity contribution in [3.05, 3.63) is 46.4 Å². The van der Waals surface area contributed by atoms with Gasteiger partial charge in [0.15, 0.2) is 6.29 Å². The van der Waals surface area contributed by atoms with Crippen molar-refractivity contribution in [3.8, 4) is 0 Å². The highest BCUT2D eigenvalue weighted by atomic mass is 35.5. The lowest BCUT2D eigenvalue weighted by Crippen LogP contribution is -2.26. The summed E-state index contributed by atoms with van der Waals surface area (Å²) in [7, 11) is 0. The van der Waals surface area contributed by atoms with Gasteiger partial charge < -0.3 is 4.90 Å². The Morgan fingerprint density at radius 3 is 3.00 bits per heavy atom. The summed E-state index contributed by atoms with van der Waals surface area (Å²) in [4.78, 5) is 21.4. The second-order valence-corrected chi connectivity index (χ2v) is 5.26. The lowest BCUT2D eigenvalue weighted by atomic mass is 9.99. The number of carbonyl (C=O) groups is 1. The Balaban J connectivity index is 2.14. The van der Waals surface area contributed by atoms with Crippen LogP contribution in [0.5, 0.6) is 0 Å². The molecule has 0 saturated carbocycles. The molecule has 1 aromatic heterocycles. The smallest absolute Gasteiger partial charge is 0.156 e. The molecular formula is C15H14ClN3O. The number of anilines is 2. The van der Waals surface area contributed by atoms with Crippen LogP contribution >= 0.6 is 11.6 Å². The van der Waals surface area contributed by atoms with Gasteiger partial charge in [-0.3, -0.25) is 4.79 Å². The van der Waals surface area contributed by atoms with Crippen molar-refractivity contribution in [2.24, 2.45) is 0 Å². The summed E-state index contributed by atoms with van der Waals surface area (Å²) >= 11 is 5.99. The normalized spacial score (nSPS) is 14.0. The largest absolute Gasteiger partial charge is 0.325 e. The number of aryl methyl sites for hydroxylation is 2. The molecule has 1 aliphatic rings. The standard InChI is InChI=1S/C15H14ClN3O/c1-10-4-5-13-11(7-10)3-2-6-19(13)15-12(8-20)14(16)17-9-18-15/h4-5,7-9H,2-3,6H2,1H3. The molecule has 3 rings (SSSR count). The number of hydrogen-bond acceptors (Lipinski definition) is 4. The van der Waals surface area contributed by atoms with Crippen LogP contribution < -0.4 is 4.90 Å². The van der Waals surface area contributed by atoms with E-state index in [1.54, 1.807) is 0 Å². The van der Waals surface area contributed by atoms with Crippen molar-refractivity contribution < 1.29 is 4.79 Å². The predicted octanol–water partition coefficient (Wildman–Crippen LogP) is 3.34. The summed E-state index contributed by atoms with van der Waals surface area (Å²) in [5.74, 6) is 0.588. The maximum atomic E-state index is 11.3. The third-order valence-electron chi connectivity index (χ3n) is 3.54. The van der Waals surface area contributed by atoms with E-state index in [2.05, 4.69) is 40.0 Å². The van der Waals surface area contributed by atoms with Gasteiger partial charge in [-0.2, -0.15) is 0 Å². The average Bonchev–Trinajstić information content (AvgIpc) is 2.46. The summed E-state index contributed by atoms with van der Waals surface area (Å²) in [6.07, 6.45) is 4.19. The van der Waals surface area contributed by atoms with Crippen LogP contribution in [0.15, 0.2) is 24.5 Å². The second-order valence-electron chi connectivity index (χ2n) is 4.91. The van der Waals surface area contributed by atoms with E-state index in [9.17, 15) is 4.79 Å². The fraction of sp³-hybridized carbons (Fsp3) is 0.267. The van der Waals surface area contributed by atoms with Crippen molar-refractivity contribution in [3.63, 3.8) is 0 Å². The Morgan fingerprint density at radius 2 is 2.20 bits per heavy atom. The number of halogens is 1. The molecule has 0 fully saturated rings. The highest BCUT2D eigenvalue weighted by molar-refractivity contribution is 6.32. The van der Waals surface area contributed by atoms with Crippen LogP contribution in [0, 0.1) is 6.92 Å². The molecule has 0 aliphatic carbocycles. The first-order chi connectivity index (χ1) is 9.70. The fourth-order valence-corrected chi connectivity index (χ4v) is 2.80. The first-order valence-electron chi connectivity index (χ1n) is 6.53. The predicted molar refractivity (Wildman–Crippen MR) is 78.9 cm³/mol. The van der Waals surface area contributed by atoms with Gasteiger partial charge in [0.2, 0.25) is 0 Å². The van der Waals surface area contributed by atoms with Crippen molar-refractivity contribution in [2.75, 3.05) is 11.4 Å². The molecule has 0 N–H and O–H groups in total. The Bertz CT molecular complexity index is 672. The summed E-state index contributed by atoms with van der Waals surface area (Å²) in [6.45, 7) is 2.90. The highest BCUT2D eigenvalue weighted by Gasteiger charge is 2.22. The summed E-state index contributed by atoms with van der Waals surface area (Å²) in [5.41, 5.74) is 3.96. The molecule has 102 valence electrons. The highest BCUT2D eigenvalue weighted by Crippen LogP contribution is 2.35. The van der Waals surface area contributed by atoms with E-state index < -0.39 is 0 Å². The van der Waals surface area contributed by atoms with Gasteiger partial charge >= 0.3 is 0 Å². The van der Waals surface area contributed by atoms with Crippen LogP contribution in [0.4, 0.5) is 11.5 Å². The van der Waals surface area contributed by atoms with Crippen molar-refractivity contribution in [1.82, 2.24) is 9.97 Å². The third-order valence-corrected chi connectivity index (χ3v) is 3.84. The van der Waals surface area contributed by atoms with Crippen molar-refractivity contribution in [2.45, 2.75) is 19.8 Å². The molecule has 2 aromatic rings. The van der Waals surface area contributed by atoms with Gasteiger partial charge in [-0.05, 0) is 31.4 Å². The molecule has 0 spiro atoms. The molecule has 0 atom stereocenters. The molecule has 1 aliphatic heterocycles. The van der Waals surface area contributed by atoms with Crippen molar-refractivity contribution in [1.29, 1.82) is 0 Å². The number of carbonyl (C=O) groups excluding carboxylic acids is 1. The maximum absolute atomic E-state index is 11.3. The first kappa shape index (κ1) is 13.1. The van der Waals surface area contributed by atoms with E-state index in [1.165, 1.54) is 17.5 Å². The third kappa shape index (κ3) is 2.16. The van der Waals surface area contributed by atoms with E-state index in [0.717, 1.165) is 31.4 Å². The Labute approximate surface area is 122 Å². The van der Waals surface area contributed by atoms with Gasteiger partial charge in [0.1, 0.15) is 17.3 Å². The van der Waals surface area contributed by atoms with Gasteiger partial charge in [0.05, 0.1) is 5.56 Å². The SMILES string of the molecule is Cc1ccc2c(c1)CCCN2c1ncnc(Cl)c1C=O. The Kier molecular flexibility index (Phi) is 3.40. The van der Waals surface area contributed by atoms with Gasteiger partial charge in [0, 0.05) is 12.2 Å². The van der Waals surface area contributed by atoms with Crippen molar-refractivity contribution >= 4 is 29.4 Å². The monoisotopic (exact) mass is 287 g/mol. The molecule has 20 heavy (non-hydrogen) atoms. The van der Waals surface area contributed by atoms with E-state index in [-0.39, 0.29) is 5.15 Å². The minimum Gasteiger partial charge on any atom is -0.325 e. The molecule has 0 amide bonds. The molecule has 5 heteroatoms. The minimum atomic E-state index is 0.198. The molecule has 1 aromatic carbocycles. The summed E-state index contributed by atoms with van der Waals surface area (Å²) < 4.78 is 0. The zero-order valence-corrected chi connectivity index (χ0v) is 11.9. The number of benzene rings is 1. The maximum Gasteiger partial charge on any atom is 0.156 e. The van der Waals surface area contributed by atoms with Gasteiger partial charge in [-0.1, -0.05) is 29.3 Å². The number of nitrogens with zero attached hydrogens (tertiary/aromatic N) is 3. The van der Waals surface area contributed by atoms with Gasteiger partial charge in [-0.15, -0.1) is 0 Å². The van der Waals surface area contributed by atoms with Crippen LogP contribution in [-0.4, -0.2) is 22.8 Å². The lowest BCUT2D eigenvalue weighted by molar-refractivity contribution is 0.112. The van der Waals surface area contributed by atoms with Crippen LogP contribution in [-0.2, 0) is 6.42 Å². The quantitative estimate of drug-likeness (QED) is 0.628. The second kappa shape index (κ2) is 5.21. The first-order valence-corrected chi connectivity index (χ1v) is 6.91. The lowest BCUT2D eigenvalue weighted by Gasteiger charge is -2.31. The summed E-state index contributed by atoms with van der Waals surface area (Å²) in [5, 5.41) is 0.198. The van der Waals surface area contributed by atoms with Crippen LogP contribution in [0.25, 0.3) is 0 Å². The van der Waals surface area contributed by atoms with Gasteiger partial charge in [0.25, 0.3) is 0 Å². The van der Waals surface area contributed by atoms with E-state index in [0.29, 0.717) is 11.4 Å². The number of hydrogen-bond donors (Lipinski definition) is 0. The molecule has 0 radical (unpaired) electrons. The van der Waals surface area contributed by atoms with E-state index >= 15 is 0 Å². The van der Waals surface area contributed by atoms with Crippen LogP contribution in [0.3, 0.4) is 0 Å². The minimum absolute atomic E-state index is 0.198. The molecule has 4 nitrogen and oxygen atoms in total. The molecule has 2 heterocycles. The number of aromatic nitrogens is 2. The fourth-order valence-electron chi connectivity index (χ4n) is 2.63. The Morgan fingerprint density at radius 1 is 1.35 bits per heavy atom. The zero-order valence-electron chi connectivity index (χ0n) is 11.1. The summed E-state index contributed by atoms with van der Waals surface area (Å²) in [6, 6.07) is 6.33. The molecule has 0 bridgehead atoms. The number of rotatable bonds is 2. The molecular weight excluding hydrogens is 274 g/mol. The van der Waals surface area contributed by atoms with E-state index in [1.807, 2.05) is 0 Å². The number of fused-ring (bicyclic) bond motifs is 1.